The summed E-state index contributed by atoms with van der Waals surface area (Å²) in [6.45, 7) is 8.60. The molecule has 0 aromatic heterocycles. The Kier molecular flexibility index (Phi) is 4.75. The number of amides is 1. The normalized spacial score (nSPS) is 28.7. The van der Waals surface area contributed by atoms with Crippen LogP contribution >= 0.6 is 0 Å². The minimum absolute atomic E-state index is 0.000619. The summed E-state index contributed by atoms with van der Waals surface area (Å²) in [6.07, 6.45) is 0. The molecule has 3 N–H and O–H groups in total. The summed E-state index contributed by atoms with van der Waals surface area (Å²) in [5.74, 6) is -0.000619. The van der Waals surface area contributed by atoms with Gasteiger partial charge in [0.2, 0.25) is 5.91 Å². The quantitative estimate of drug-likeness (QED) is 0.730. The molecule has 1 aliphatic rings. The molecule has 5 heteroatoms. The lowest BCUT2D eigenvalue weighted by Gasteiger charge is -2.31. The van der Waals surface area contributed by atoms with Gasteiger partial charge >= 0.3 is 0 Å². The lowest BCUT2D eigenvalue weighted by Crippen LogP contribution is -2.52. The fourth-order valence-electron chi connectivity index (χ4n) is 2.36. The molecule has 18 heavy (non-hydrogen) atoms. The van der Waals surface area contributed by atoms with Gasteiger partial charge in [-0.25, -0.2) is 0 Å². The van der Waals surface area contributed by atoms with E-state index in [2.05, 4.69) is 24.1 Å². The first-order chi connectivity index (χ1) is 8.17. The molecule has 0 aliphatic carbocycles. The Labute approximate surface area is 110 Å². The summed E-state index contributed by atoms with van der Waals surface area (Å²) in [5, 5.41) is 3.02. The Hall–Kier alpha value is -0.650. The molecule has 0 radical (unpaired) electrons. The van der Waals surface area contributed by atoms with Crippen LogP contribution in [0, 0.1) is 10.8 Å². The molecule has 0 spiro atoms. The first-order valence-corrected chi connectivity index (χ1v) is 6.44. The zero-order valence-corrected chi connectivity index (χ0v) is 12.2. The van der Waals surface area contributed by atoms with Crippen molar-refractivity contribution >= 4 is 5.91 Å². The molecule has 106 valence electrons. The van der Waals surface area contributed by atoms with Crippen molar-refractivity contribution in [3.63, 3.8) is 0 Å². The maximum absolute atomic E-state index is 12.2. The molecule has 0 saturated carbocycles. The van der Waals surface area contributed by atoms with Crippen molar-refractivity contribution in [3.8, 4) is 0 Å². The van der Waals surface area contributed by atoms with Crippen molar-refractivity contribution in [2.24, 2.45) is 16.6 Å². The molecule has 0 aromatic carbocycles. The molecule has 1 rings (SSSR count). The number of nitrogens with two attached hydrogens (primary N) is 1. The van der Waals surface area contributed by atoms with Crippen LogP contribution in [0.3, 0.4) is 0 Å². The van der Waals surface area contributed by atoms with Crippen molar-refractivity contribution in [2.45, 2.75) is 26.8 Å². The number of rotatable bonds is 5. The van der Waals surface area contributed by atoms with Crippen LogP contribution in [0.2, 0.25) is 0 Å². The zero-order chi connectivity index (χ0) is 14.0. The van der Waals surface area contributed by atoms with Gasteiger partial charge in [0.25, 0.3) is 0 Å². The highest BCUT2D eigenvalue weighted by molar-refractivity contribution is 5.83. The molecule has 1 heterocycles. The number of ether oxygens (including phenoxy) is 1. The third-order valence-electron chi connectivity index (χ3n) is 3.51. The summed E-state index contributed by atoms with van der Waals surface area (Å²) < 4.78 is 5.30. The van der Waals surface area contributed by atoms with Crippen LogP contribution in [0.5, 0.6) is 0 Å². The summed E-state index contributed by atoms with van der Waals surface area (Å²) in [4.78, 5) is 14.3. The number of carbonyl (C=O) groups excluding carboxylic acids is 1. The topological polar surface area (TPSA) is 67.6 Å². The van der Waals surface area contributed by atoms with Gasteiger partial charge < -0.3 is 20.7 Å². The lowest BCUT2D eigenvalue weighted by atomic mass is 9.84. The number of carbonyl (C=O) groups is 1. The predicted octanol–water partition coefficient (Wildman–Crippen LogP) is 0.0542. The van der Waals surface area contributed by atoms with E-state index in [0.29, 0.717) is 19.8 Å². The van der Waals surface area contributed by atoms with E-state index in [1.807, 2.05) is 21.0 Å². The van der Waals surface area contributed by atoms with Crippen LogP contribution in [-0.4, -0.2) is 57.2 Å². The van der Waals surface area contributed by atoms with Gasteiger partial charge in [0.05, 0.1) is 18.6 Å². The first kappa shape index (κ1) is 15.4. The van der Waals surface area contributed by atoms with Crippen molar-refractivity contribution < 1.29 is 9.53 Å². The largest absolute Gasteiger partial charge is 0.379 e. The van der Waals surface area contributed by atoms with Crippen LogP contribution in [0.15, 0.2) is 0 Å². The second-order valence-electron chi connectivity index (χ2n) is 6.62. The van der Waals surface area contributed by atoms with Crippen molar-refractivity contribution in [3.05, 3.63) is 0 Å². The molecular weight excluding hydrogens is 230 g/mol. The third kappa shape index (κ3) is 3.67. The maximum Gasteiger partial charge on any atom is 0.229 e. The maximum atomic E-state index is 12.2. The first-order valence-electron chi connectivity index (χ1n) is 6.44. The number of nitrogens with zero attached hydrogens (tertiary/aromatic N) is 1. The van der Waals surface area contributed by atoms with Gasteiger partial charge in [0.15, 0.2) is 0 Å². The Balaban J connectivity index is 2.51. The van der Waals surface area contributed by atoms with Gasteiger partial charge in [-0.3, -0.25) is 4.79 Å². The zero-order valence-electron chi connectivity index (χ0n) is 12.2. The van der Waals surface area contributed by atoms with E-state index in [-0.39, 0.29) is 17.4 Å². The van der Waals surface area contributed by atoms with Gasteiger partial charge in [-0.05, 0) is 26.4 Å². The van der Waals surface area contributed by atoms with E-state index < -0.39 is 5.41 Å². The van der Waals surface area contributed by atoms with E-state index >= 15 is 0 Å². The van der Waals surface area contributed by atoms with E-state index in [4.69, 9.17) is 10.5 Å². The third-order valence-corrected chi connectivity index (χ3v) is 3.51. The average molecular weight is 257 g/mol. The number of hydrogen-bond acceptors (Lipinski definition) is 4. The highest BCUT2D eigenvalue weighted by atomic mass is 16.5. The van der Waals surface area contributed by atoms with Crippen LogP contribution in [0.4, 0.5) is 0 Å². The Morgan fingerprint density at radius 2 is 2.17 bits per heavy atom. The molecule has 2 atom stereocenters. The van der Waals surface area contributed by atoms with E-state index in [9.17, 15) is 4.79 Å². The van der Waals surface area contributed by atoms with Gasteiger partial charge in [-0.1, -0.05) is 13.8 Å². The van der Waals surface area contributed by atoms with Gasteiger partial charge in [-0.2, -0.15) is 0 Å². The minimum atomic E-state index is -0.589. The van der Waals surface area contributed by atoms with Gasteiger partial charge in [0.1, 0.15) is 0 Å². The van der Waals surface area contributed by atoms with Gasteiger partial charge in [0, 0.05) is 19.1 Å². The Morgan fingerprint density at radius 3 is 2.61 bits per heavy atom. The number of hydrogen-bond donors (Lipinski definition) is 2. The fraction of sp³-hybridized carbons (Fsp3) is 0.923. The average Bonchev–Trinajstić information content (AvgIpc) is 2.55. The van der Waals surface area contributed by atoms with E-state index in [0.717, 1.165) is 6.54 Å². The molecule has 1 amide bonds. The summed E-state index contributed by atoms with van der Waals surface area (Å²) in [7, 11) is 4.07. The Morgan fingerprint density at radius 1 is 1.56 bits per heavy atom. The molecule has 0 bridgehead atoms. The highest BCUT2D eigenvalue weighted by Crippen LogP contribution is 2.27. The highest BCUT2D eigenvalue weighted by Gasteiger charge is 2.44. The van der Waals surface area contributed by atoms with Crippen LogP contribution in [-0.2, 0) is 9.53 Å². The minimum Gasteiger partial charge on any atom is -0.379 e. The Bertz CT molecular complexity index is 305. The van der Waals surface area contributed by atoms with Crippen molar-refractivity contribution in [2.75, 3.05) is 40.4 Å². The molecule has 1 fully saturated rings. The molecule has 5 nitrogen and oxygen atoms in total. The predicted molar refractivity (Wildman–Crippen MR) is 72.2 cm³/mol. The molecule has 0 aromatic rings. The second kappa shape index (κ2) is 5.55. The summed E-state index contributed by atoms with van der Waals surface area (Å²) in [5.41, 5.74) is 5.39. The number of nitrogens with one attached hydrogen (secondary N) is 1. The summed E-state index contributed by atoms with van der Waals surface area (Å²) in [6, 6.07) is -0.213. The molecular formula is C13H27N3O2. The van der Waals surface area contributed by atoms with Crippen molar-refractivity contribution in [1.29, 1.82) is 0 Å². The molecule has 2 unspecified atom stereocenters. The monoisotopic (exact) mass is 257 g/mol. The standard InChI is InChI=1S/C13H27N3O2/c1-12(2,8-16(4)5)7-15-11(17)13(3)9-18-6-10(13)14/h10H,6-9,14H2,1-5H3,(H,15,17). The lowest BCUT2D eigenvalue weighted by molar-refractivity contribution is -0.131. The second-order valence-corrected chi connectivity index (χ2v) is 6.62. The van der Waals surface area contributed by atoms with E-state index in [1.54, 1.807) is 0 Å². The van der Waals surface area contributed by atoms with Crippen LogP contribution < -0.4 is 11.1 Å². The smallest absolute Gasteiger partial charge is 0.229 e. The molecule has 1 saturated heterocycles. The van der Waals surface area contributed by atoms with Crippen LogP contribution in [0.25, 0.3) is 0 Å². The molecule has 1 aliphatic heterocycles. The SMILES string of the molecule is CN(C)CC(C)(C)CNC(=O)C1(C)COCC1N. The summed E-state index contributed by atoms with van der Waals surface area (Å²) >= 11 is 0. The van der Waals surface area contributed by atoms with Gasteiger partial charge in [-0.15, -0.1) is 0 Å². The van der Waals surface area contributed by atoms with Crippen LogP contribution in [0.1, 0.15) is 20.8 Å². The van der Waals surface area contributed by atoms with E-state index in [1.165, 1.54) is 0 Å². The fourth-order valence-corrected chi connectivity index (χ4v) is 2.36. The van der Waals surface area contributed by atoms with Crippen molar-refractivity contribution in [1.82, 2.24) is 10.2 Å².